The van der Waals surface area contributed by atoms with Crippen molar-refractivity contribution in [3.8, 4) is 0 Å². The lowest BCUT2D eigenvalue weighted by Gasteiger charge is -2.40. The number of aliphatic hydroxyl groups excluding tert-OH is 1. The summed E-state index contributed by atoms with van der Waals surface area (Å²) in [4.78, 5) is 49.0. The number of anilines is 2. The number of benzene rings is 1. The Morgan fingerprint density at radius 3 is 2.33 bits per heavy atom. The van der Waals surface area contributed by atoms with Crippen LogP contribution in [0, 0.1) is 17.8 Å². The summed E-state index contributed by atoms with van der Waals surface area (Å²) in [6.07, 6.45) is 7.96. The molecule has 1 aromatic carbocycles. The van der Waals surface area contributed by atoms with E-state index in [1.54, 1.807) is 15.9 Å². The second-order valence-corrected chi connectivity index (χ2v) is 13.4. The molecule has 2 bridgehead atoms. The van der Waals surface area contributed by atoms with E-state index in [1.165, 1.54) is 0 Å². The molecule has 4 rings (SSSR count). The van der Waals surface area contributed by atoms with Gasteiger partial charge < -0.3 is 29.3 Å². The van der Waals surface area contributed by atoms with Gasteiger partial charge in [-0.05, 0) is 89.0 Å². The number of ether oxygens (including phenoxy) is 2. The fraction of sp³-hybridized carbons (Fsp3) is 0.649. The molecule has 3 saturated heterocycles. The van der Waals surface area contributed by atoms with E-state index >= 15 is 0 Å². The quantitative estimate of drug-likeness (QED) is 0.129. The van der Waals surface area contributed by atoms with Gasteiger partial charge in [-0.2, -0.15) is 0 Å². The summed E-state index contributed by atoms with van der Waals surface area (Å²) >= 11 is 0. The molecule has 9 nitrogen and oxygen atoms in total. The smallest absolute Gasteiger partial charge is 0.312 e. The predicted octanol–water partition coefficient (Wildman–Crippen LogP) is 5.51. The first-order chi connectivity index (χ1) is 22.1. The highest BCUT2D eigenvalue weighted by Crippen LogP contribution is 2.65. The number of likely N-dealkylation sites (tertiary alicyclic amines) is 1. The SMILES string of the molecule is C=CCCCCOC(=O)[C@H]1[C@H]2C(=O)N([C@@H](CO)CC(C)C)C(C(=O)N(CC=C)c3ccc(N(CC)CC)cc3)C23CC[C@]1(CC)O3. The molecule has 3 aliphatic heterocycles. The first-order valence-electron chi connectivity index (χ1n) is 17.3. The molecule has 2 amide bonds. The van der Waals surface area contributed by atoms with Crippen molar-refractivity contribution in [3.05, 3.63) is 49.6 Å². The zero-order valence-corrected chi connectivity index (χ0v) is 28.6. The number of unbranched alkanes of at least 4 members (excludes halogenated alkanes) is 2. The number of hydrogen-bond donors (Lipinski definition) is 1. The second kappa shape index (κ2) is 15.2. The zero-order valence-electron chi connectivity index (χ0n) is 28.6. The van der Waals surface area contributed by atoms with Gasteiger partial charge >= 0.3 is 5.97 Å². The maximum absolute atomic E-state index is 15.0. The van der Waals surface area contributed by atoms with Gasteiger partial charge in [0.15, 0.2) is 0 Å². The van der Waals surface area contributed by atoms with Gasteiger partial charge in [0.25, 0.3) is 5.91 Å². The van der Waals surface area contributed by atoms with Gasteiger partial charge in [0.05, 0.1) is 30.8 Å². The van der Waals surface area contributed by atoms with E-state index < -0.39 is 41.1 Å². The van der Waals surface area contributed by atoms with Crippen molar-refractivity contribution in [2.24, 2.45) is 17.8 Å². The molecule has 0 radical (unpaired) electrons. The molecule has 6 atom stereocenters. The lowest BCUT2D eigenvalue weighted by Crippen LogP contribution is -2.59. The van der Waals surface area contributed by atoms with E-state index in [9.17, 15) is 19.5 Å². The predicted molar refractivity (Wildman–Crippen MR) is 182 cm³/mol. The van der Waals surface area contributed by atoms with Crippen LogP contribution in [0.4, 0.5) is 11.4 Å². The number of aliphatic hydroxyl groups is 1. The van der Waals surface area contributed by atoms with Crippen LogP contribution in [0.15, 0.2) is 49.6 Å². The number of carbonyl (C=O) groups is 3. The van der Waals surface area contributed by atoms with Gasteiger partial charge in [0, 0.05) is 31.0 Å². The van der Waals surface area contributed by atoms with Crippen molar-refractivity contribution >= 4 is 29.2 Å². The van der Waals surface area contributed by atoms with Crippen LogP contribution in [0.25, 0.3) is 0 Å². The molecule has 1 spiro atoms. The normalized spacial score (nSPS) is 27.1. The molecular formula is C37H55N3O6. The number of allylic oxidation sites excluding steroid dienone is 1. The Kier molecular flexibility index (Phi) is 11.8. The van der Waals surface area contributed by atoms with E-state index in [1.807, 2.05) is 51.1 Å². The van der Waals surface area contributed by atoms with Crippen molar-refractivity contribution in [1.82, 2.24) is 4.90 Å². The summed E-state index contributed by atoms with van der Waals surface area (Å²) in [7, 11) is 0. The van der Waals surface area contributed by atoms with Crippen molar-refractivity contribution in [3.63, 3.8) is 0 Å². The minimum Gasteiger partial charge on any atom is -0.465 e. The van der Waals surface area contributed by atoms with E-state index in [-0.39, 0.29) is 37.5 Å². The standard InChI is InChI=1S/C37H55N3O6/c1-8-13-14-15-23-45-35(44)31-30-33(42)40(29(25-41)24-26(6)7)32(37(30)21-20-36(31,10-3)46-37)34(43)39(22-9-2)28-18-16-27(17-19-28)38(11-4)12-5/h8-9,16-19,26,29-32,41H,1-2,10-15,20-25H2,3-7H3/t29-,30+,31-,32?,36+,37?/m1/s1. The molecule has 1 aromatic rings. The zero-order chi connectivity index (χ0) is 33.6. The second-order valence-electron chi connectivity index (χ2n) is 13.4. The molecule has 2 unspecified atom stereocenters. The molecule has 0 aliphatic carbocycles. The fourth-order valence-corrected chi connectivity index (χ4v) is 8.19. The lowest BCUT2D eigenvalue weighted by molar-refractivity contribution is -0.162. The van der Waals surface area contributed by atoms with Crippen LogP contribution < -0.4 is 9.80 Å². The number of nitrogens with zero attached hydrogens (tertiary/aromatic N) is 3. The maximum Gasteiger partial charge on any atom is 0.312 e. The summed E-state index contributed by atoms with van der Waals surface area (Å²) < 4.78 is 12.7. The molecule has 0 saturated carbocycles. The fourth-order valence-electron chi connectivity index (χ4n) is 8.19. The molecule has 9 heteroatoms. The molecule has 3 aliphatic rings. The summed E-state index contributed by atoms with van der Waals surface area (Å²) in [6, 6.07) is 6.25. The number of rotatable bonds is 18. The molecule has 3 fully saturated rings. The highest BCUT2D eigenvalue weighted by atomic mass is 16.6. The van der Waals surface area contributed by atoms with Crippen LogP contribution in [0.5, 0.6) is 0 Å². The number of amides is 2. The Balaban J connectivity index is 1.77. The van der Waals surface area contributed by atoms with Crippen LogP contribution >= 0.6 is 0 Å². The minimum absolute atomic E-state index is 0.158. The van der Waals surface area contributed by atoms with Crippen molar-refractivity contribution in [2.75, 3.05) is 42.6 Å². The highest BCUT2D eigenvalue weighted by molar-refractivity contribution is 6.05. The third kappa shape index (κ3) is 6.37. The van der Waals surface area contributed by atoms with E-state index in [4.69, 9.17) is 9.47 Å². The monoisotopic (exact) mass is 637 g/mol. The van der Waals surface area contributed by atoms with Gasteiger partial charge in [-0.25, -0.2) is 0 Å². The van der Waals surface area contributed by atoms with Crippen LogP contribution in [0.2, 0.25) is 0 Å². The molecule has 0 aromatic heterocycles. The topological polar surface area (TPSA) is 99.6 Å². The van der Waals surface area contributed by atoms with Crippen LogP contribution in [-0.2, 0) is 23.9 Å². The van der Waals surface area contributed by atoms with Gasteiger partial charge in [-0.3, -0.25) is 14.4 Å². The number of hydrogen-bond acceptors (Lipinski definition) is 7. The number of fused-ring (bicyclic) bond motifs is 1. The van der Waals surface area contributed by atoms with Gasteiger partial charge in [-0.1, -0.05) is 32.9 Å². The molecule has 1 N–H and O–H groups in total. The summed E-state index contributed by atoms with van der Waals surface area (Å²) in [5, 5.41) is 10.7. The van der Waals surface area contributed by atoms with Gasteiger partial charge in [-0.15, -0.1) is 13.2 Å². The van der Waals surface area contributed by atoms with Crippen molar-refractivity contribution < 1.29 is 29.0 Å². The third-order valence-corrected chi connectivity index (χ3v) is 10.4. The third-order valence-electron chi connectivity index (χ3n) is 10.4. The average molecular weight is 638 g/mol. The lowest BCUT2D eigenvalue weighted by atomic mass is 9.65. The number of esters is 1. The van der Waals surface area contributed by atoms with Gasteiger partial charge in [0.2, 0.25) is 5.91 Å². The van der Waals surface area contributed by atoms with E-state index in [0.717, 1.165) is 31.6 Å². The molecule has 254 valence electrons. The summed E-state index contributed by atoms with van der Waals surface area (Å²) in [5.74, 6) is -2.57. The first-order valence-corrected chi connectivity index (χ1v) is 17.3. The Morgan fingerprint density at radius 1 is 1.09 bits per heavy atom. The summed E-state index contributed by atoms with van der Waals surface area (Å²) in [6.45, 7) is 19.8. The Bertz CT molecular complexity index is 1250. The van der Waals surface area contributed by atoms with Gasteiger partial charge in [0.1, 0.15) is 17.6 Å². The highest BCUT2D eigenvalue weighted by Gasteiger charge is 2.79. The van der Waals surface area contributed by atoms with Crippen LogP contribution in [0.1, 0.15) is 79.6 Å². The van der Waals surface area contributed by atoms with E-state index in [2.05, 4.69) is 31.9 Å². The van der Waals surface area contributed by atoms with Crippen LogP contribution in [0.3, 0.4) is 0 Å². The Morgan fingerprint density at radius 2 is 1.76 bits per heavy atom. The molecule has 3 heterocycles. The van der Waals surface area contributed by atoms with E-state index in [0.29, 0.717) is 37.8 Å². The van der Waals surface area contributed by atoms with Crippen LogP contribution in [-0.4, -0.2) is 83.9 Å². The first kappa shape index (κ1) is 35.7. The maximum atomic E-state index is 15.0. The Labute approximate surface area is 275 Å². The minimum atomic E-state index is -1.21. The van der Waals surface area contributed by atoms with Crippen molar-refractivity contribution in [2.45, 2.75) is 103 Å². The molecule has 46 heavy (non-hydrogen) atoms. The summed E-state index contributed by atoms with van der Waals surface area (Å²) in [5.41, 5.74) is -0.348. The largest absolute Gasteiger partial charge is 0.465 e. The average Bonchev–Trinajstić information content (AvgIpc) is 3.66. The molecular weight excluding hydrogens is 582 g/mol. The number of carbonyl (C=O) groups excluding carboxylic acids is 3. The van der Waals surface area contributed by atoms with Crippen molar-refractivity contribution in [1.29, 1.82) is 0 Å². The Hall–Kier alpha value is -3.17.